The molecular formula is C15H21N3O2S. The number of anilines is 1. The summed E-state index contributed by atoms with van der Waals surface area (Å²) in [5.74, 6) is 1.10. The molecule has 3 rings (SSSR count). The van der Waals surface area contributed by atoms with Crippen molar-refractivity contribution < 1.29 is 9.59 Å². The van der Waals surface area contributed by atoms with Gasteiger partial charge in [-0.05, 0) is 31.6 Å². The monoisotopic (exact) mass is 307 g/mol. The third kappa shape index (κ3) is 3.81. The smallest absolute Gasteiger partial charge is 0.229 e. The molecule has 1 aliphatic heterocycles. The van der Waals surface area contributed by atoms with E-state index in [4.69, 9.17) is 0 Å². The summed E-state index contributed by atoms with van der Waals surface area (Å²) in [6.45, 7) is 3.95. The molecule has 0 unspecified atom stereocenters. The second-order valence-electron chi connectivity index (χ2n) is 6.15. The van der Waals surface area contributed by atoms with Crippen molar-refractivity contribution in [1.29, 1.82) is 0 Å². The Hall–Kier alpha value is -1.43. The van der Waals surface area contributed by atoms with E-state index in [0.29, 0.717) is 11.6 Å². The minimum absolute atomic E-state index is 0.0623. The molecule has 1 saturated carbocycles. The first-order chi connectivity index (χ1) is 10.1. The molecule has 0 spiro atoms. The zero-order valence-corrected chi connectivity index (χ0v) is 13.1. The van der Waals surface area contributed by atoms with E-state index >= 15 is 0 Å². The lowest BCUT2D eigenvalue weighted by Gasteiger charge is -2.30. The summed E-state index contributed by atoms with van der Waals surface area (Å²) in [6.07, 6.45) is 4.48. The van der Waals surface area contributed by atoms with Crippen LogP contribution < -0.4 is 5.32 Å². The van der Waals surface area contributed by atoms with Gasteiger partial charge in [-0.1, -0.05) is 6.92 Å². The molecule has 1 aromatic heterocycles. The molecule has 114 valence electrons. The van der Waals surface area contributed by atoms with E-state index in [2.05, 4.69) is 17.2 Å². The zero-order valence-electron chi connectivity index (χ0n) is 12.3. The Morgan fingerprint density at radius 1 is 1.33 bits per heavy atom. The minimum Gasteiger partial charge on any atom is -0.342 e. The van der Waals surface area contributed by atoms with Crippen molar-refractivity contribution in [3.05, 3.63) is 11.1 Å². The third-order valence-corrected chi connectivity index (χ3v) is 5.01. The molecule has 0 aromatic carbocycles. The normalized spacial score (nSPS) is 19.6. The minimum atomic E-state index is 0.0623. The molecule has 2 heterocycles. The zero-order chi connectivity index (χ0) is 14.8. The molecule has 21 heavy (non-hydrogen) atoms. The first-order valence-corrected chi connectivity index (χ1v) is 8.53. The van der Waals surface area contributed by atoms with Gasteiger partial charge in [0.1, 0.15) is 0 Å². The number of aromatic nitrogens is 1. The van der Waals surface area contributed by atoms with Gasteiger partial charge in [0.2, 0.25) is 11.8 Å². The Bertz CT molecular complexity index is 531. The molecule has 1 N–H and O–H groups in total. The lowest BCUT2D eigenvalue weighted by Crippen LogP contribution is -2.38. The lowest BCUT2D eigenvalue weighted by atomic mass is 9.99. The lowest BCUT2D eigenvalue weighted by molar-refractivity contribution is -0.131. The molecule has 6 heteroatoms. The topological polar surface area (TPSA) is 62.3 Å². The maximum absolute atomic E-state index is 12.2. The van der Waals surface area contributed by atoms with Gasteiger partial charge in [-0.2, -0.15) is 0 Å². The number of carbonyl (C=O) groups is 2. The fourth-order valence-electron chi connectivity index (χ4n) is 2.52. The number of nitrogens with zero attached hydrogens (tertiary/aromatic N) is 2. The Morgan fingerprint density at radius 2 is 2.05 bits per heavy atom. The highest BCUT2D eigenvalue weighted by Gasteiger charge is 2.30. The first kappa shape index (κ1) is 14.5. The molecule has 5 nitrogen and oxygen atoms in total. The summed E-state index contributed by atoms with van der Waals surface area (Å²) in [5.41, 5.74) is 0.759. The quantitative estimate of drug-likeness (QED) is 0.928. The second kappa shape index (κ2) is 6.13. The Labute approximate surface area is 128 Å². The molecule has 1 saturated heterocycles. The molecule has 0 atom stereocenters. The number of nitrogens with one attached hydrogen (secondary N) is 1. The number of hydrogen-bond acceptors (Lipinski definition) is 4. The predicted octanol–water partition coefficient (Wildman–Crippen LogP) is 2.29. The number of piperidine rings is 1. The number of amides is 2. The highest BCUT2D eigenvalue weighted by atomic mass is 32.1. The summed E-state index contributed by atoms with van der Waals surface area (Å²) in [6, 6.07) is 0. The molecule has 0 radical (unpaired) electrons. The molecular weight excluding hydrogens is 286 g/mol. The standard InChI is InChI=1S/C15H21N3O2S/c1-10-4-6-18(7-5-10)13(19)8-12-9-21-15(16-12)17-14(20)11-2-3-11/h9-11H,2-8H2,1H3,(H,16,17,20). The van der Waals surface area contributed by atoms with E-state index < -0.39 is 0 Å². The average Bonchev–Trinajstić information content (AvgIpc) is 3.23. The van der Waals surface area contributed by atoms with Gasteiger partial charge in [-0.25, -0.2) is 4.98 Å². The summed E-state index contributed by atoms with van der Waals surface area (Å²) >= 11 is 1.40. The largest absolute Gasteiger partial charge is 0.342 e. The van der Waals surface area contributed by atoms with E-state index in [1.54, 1.807) is 0 Å². The van der Waals surface area contributed by atoms with Crippen LogP contribution in [0.3, 0.4) is 0 Å². The number of carbonyl (C=O) groups excluding carboxylic acids is 2. The third-order valence-electron chi connectivity index (χ3n) is 4.20. The number of rotatable bonds is 4. The average molecular weight is 307 g/mol. The van der Waals surface area contributed by atoms with Crippen LogP contribution in [0.5, 0.6) is 0 Å². The fourth-order valence-corrected chi connectivity index (χ4v) is 3.24. The van der Waals surface area contributed by atoms with Crippen molar-refractivity contribution in [2.75, 3.05) is 18.4 Å². The van der Waals surface area contributed by atoms with Crippen LogP contribution in [-0.2, 0) is 16.0 Å². The van der Waals surface area contributed by atoms with Gasteiger partial charge in [-0.15, -0.1) is 11.3 Å². The van der Waals surface area contributed by atoms with Crippen molar-refractivity contribution >= 4 is 28.3 Å². The second-order valence-corrected chi connectivity index (χ2v) is 7.01. The number of thiazole rings is 1. The van der Waals surface area contributed by atoms with E-state index in [1.807, 2.05) is 10.3 Å². The highest BCUT2D eigenvalue weighted by Crippen LogP contribution is 2.30. The van der Waals surface area contributed by atoms with Crippen LogP contribution in [0.1, 0.15) is 38.3 Å². The fraction of sp³-hybridized carbons (Fsp3) is 0.667. The Balaban J connectivity index is 1.51. The summed E-state index contributed by atoms with van der Waals surface area (Å²) in [5, 5.41) is 5.31. The molecule has 2 amide bonds. The summed E-state index contributed by atoms with van der Waals surface area (Å²) < 4.78 is 0. The van der Waals surface area contributed by atoms with Crippen LogP contribution in [0.2, 0.25) is 0 Å². The van der Waals surface area contributed by atoms with Gasteiger partial charge in [0.15, 0.2) is 5.13 Å². The van der Waals surface area contributed by atoms with Gasteiger partial charge in [0.05, 0.1) is 12.1 Å². The van der Waals surface area contributed by atoms with Crippen LogP contribution in [0.15, 0.2) is 5.38 Å². The summed E-state index contributed by atoms with van der Waals surface area (Å²) in [7, 11) is 0. The van der Waals surface area contributed by atoms with E-state index in [-0.39, 0.29) is 17.7 Å². The van der Waals surface area contributed by atoms with E-state index in [1.165, 1.54) is 11.3 Å². The molecule has 2 aliphatic rings. The Kier molecular flexibility index (Phi) is 4.24. The number of likely N-dealkylation sites (tertiary alicyclic amines) is 1. The maximum Gasteiger partial charge on any atom is 0.229 e. The molecule has 1 aromatic rings. The molecule has 0 bridgehead atoms. The summed E-state index contributed by atoms with van der Waals surface area (Å²) in [4.78, 5) is 30.2. The van der Waals surface area contributed by atoms with Crippen molar-refractivity contribution in [1.82, 2.24) is 9.88 Å². The molecule has 2 fully saturated rings. The van der Waals surface area contributed by atoms with Crippen molar-refractivity contribution in [2.45, 2.75) is 39.0 Å². The van der Waals surface area contributed by atoms with Gasteiger partial charge in [0, 0.05) is 24.4 Å². The van der Waals surface area contributed by atoms with Crippen molar-refractivity contribution in [3.8, 4) is 0 Å². The van der Waals surface area contributed by atoms with Gasteiger partial charge in [0.25, 0.3) is 0 Å². The SMILES string of the molecule is CC1CCN(C(=O)Cc2csc(NC(=O)C3CC3)n2)CC1. The Morgan fingerprint density at radius 3 is 2.71 bits per heavy atom. The van der Waals surface area contributed by atoms with E-state index in [9.17, 15) is 9.59 Å². The van der Waals surface area contributed by atoms with Crippen LogP contribution in [-0.4, -0.2) is 34.8 Å². The van der Waals surface area contributed by atoms with Crippen LogP contribution in [0, 0.1) is 11.8 Å². The van der Waals surface area contributed by atoms with E-state index in [0.717, 1.165) is 50.4 Å². The highest BCUT2D eigenvalue weighted by molar-refractivity contribution is 7.13. The van der Waals surface area contributed by atoms with Gasteiger partial charge >= 0.3 is 0 Å². The van der Waals surface area contributed by atoms with Crippen molar-refractivity contribution in [3.63, 3.8) is 0 Å². The van der Waals surface area contributed by atoms with Crippen LogP contribution in [0.4, 0.5) is 5.13 Å². The van der Waals surface area contributed by atoms with Gasteiger partial charge in [-0.3, -0.25) is 9.59 Å². The first-order valence-electron chi connectivity index (χ1n) is 7.65. The molecule has 1 aliphatic carbocycles. The van der Waals surface area contributed by atoms with Crippen molar-refractivity contribution in [2.24, 2.45) is 11.8 Å². The maximum atomic E-state index is 12.2. The van der Waals surface area contributed by atoms with Gasteiger partial charge < -0.3 is 10.2 Å². The van der Waals surface area contributed by atoms with Crippen LogP contribution >= 0.6 is 11.3 Å². The number of hydrogen-bond donors (Lipinski definition) is 1. The predicted molar refractivity (Wildman–Crippen MR) is 82.1 cm³/mol. The van der Waals surface area contributed by atoms with Crippen LogP contribution in [0.25, 0.3) is 0 Å².